The van der Waals surface area contributed by atoms with E-state index < -0.39 is 0 Å². The lowest BCUT2D eigenvalue weighted by atomic mass is 10.2. The van der Waals surface area contributed by atoms with Gasteiger partial charge in [-0.15, -0.1) is 0 Å². The van der Waals surface area contributed by atoms with E-state index in [4.69, 9.17) is 11.6 Å². The van der Waals surface area contributed by atoms with Crippen LogP contribution in [0.1, 0.15) is 11.3 Å². The summed E-state index contributed by atoms with van der Waals surface area (Å²) in [6, 6.07) is 4.04. The number of nitrogens with zero attached hydrogens (tertiary/aromatic N) is 2. The molecule has 0 aliphatic rings. The minimum Gasteiger partial charge on any atom is -0.326 e. The number of rotatable bonds is 3. The fraction of sp³-hybridized carbons (Fsp3) is 0.308. The van der Waals surface area contributed by atoms with Crippen molar-refractivity contribution in [3.05, 3.63) is 33.0 Å². The fourth-order valence-corrected chi connectivity index (χ4v) is 3.25. The van der Waals surface area contributed by atoms with Gasteiger partial charge in [0.2, 0.25) is 5.78 Å². The highest BCUT2D eigenvalue weighted by atomic mass is 79.9. The van der Waals surface area contributed by atoms with E-state index in [2.05, 4.69) is 41.7 Å². The van der Waals surface area contributed by atoms with Crippen LogP contribution in [-0.4, -0.2) is 28.0 Å². The zero-order chi connectivity index (χ0) is 13.6. The van der Waals surface area contributed by atoms with Crippen molar-refractivity contribution in [2.75, 3.05) is 13.6 Å². The molecule has 2 heterocycles. The van der Waals surface area contributed by atoms with E-state index in [-0.39, 0.29) is 0 Å². The Bertz CT molecular complexity index is 759. The van der Waals surface area contributed by atoms with E-state index in [0.717, 1.165) is 45.6 Å². The van der Waals surface area contributed by atoms with Crippen LogP contribution in [0.4, 0.5) is 0 Å². The summed E-state index contributed by atoms with van der Waals surface area (Å²) in [6.07, 6.45) is 0.918. The van der Waals surface area contributed by atoms with E-state index in [0.29, 0.717) is 5.02 Å². The Morgan fingerprint density at radius 1 is 1.47 bits per heavy atom. The van der Waals surface area contributed by atoms with Gasteiger partial charge in [0.25, 0.3) is 0 Å². The molecule has 1 aromatic carbocycles. The Morgan fingerprint density at radius 2 is 2.26 bits per heavy atom. The second-order valence-electron chi connectivity index (χ2n) is 4.63. The molecule has 2 N–H and O–H groups in total. The Morgan fingerprint density at radius 3 is 3.00 bits per heavy atom. The molecule has 0 radical (unpaired) electrons. The van der Waals surface area contributed by atoms with Gasteiger partial charge in [0.15, 0.2) is 0 Å². The van der Waals surface area contributed by atoms with Gasteiger partial charge < -0.3 is 10.3 Å². The maximum Gasteiger partial charge on any atom is 0.213 e. The van der Waals surface area contributed by atoms with Crippen LogP contribution in [0.5, 0.6) is 0 Å². The number of H-pyrrole nitrogens is 1. The summed E-state index contributed by atoms with van der Waals surface area (Å²) in [6.45, 7) is 2.95. The number of fused-ring (bicyclic) bond motifs is 3. The molecule has 3 aromatic rings. The van der Waals surface area contributed by atoms with Crippen molar-refractivity contribution in [1.29, 1.82) is 0 Å². The number of likely N-dealkylation sites (N-methyl/N-ethyl adjacent to an activating group) is 1. The van der Waals surface area contributed by atoms with Gasteiger partial charge in [-0.25, -0.2) is 4.98 Å². The second-order valence-corrected chi connectivity index (χ2v) is 5.79. The molecule has 0 amide bonds. The van der Waals surface area contributed by atoms with Crippen LogP contribution in [0.3, 0.4) is 0 Å². The molecule has 0 unspecified atom stereocenters. The first kappa shape index (κ1) is 13.0. The highest BCUT2D eigenvalue weighted by Gasteiger charge is 2.15. The van der Waals surface area contributed by atoms with Crippen molar-refractivity contribution >= 4 is 44.3 Å². The summed E-state index contributed by atoms with van der Waals surface area (Å²) in [5, 5.41) is 3.83. The highest BCUT2D eigenvalue weighted by molar-refractivity contribution is 9.10. The van der Waals surface area contributed by atoms with Gasteiger partial charge in [-0.2, -0.15) is 0 Å². The van der Waals surface area contributed by atoms with Crippen molar-refractivity contribution in [2.24, 2.45) is 0 Å². The van der Waals surface area contributed by atoms with Gasteiger partial charge in [0.1, 0.15) is 10.1 Å². The first-order chi connectivity index (χ1) is 9.11. The van der Waals surface area contributed by atoms with Crippen LogP contribution in [0.15, 0.2) is 16.7 Å². The van der Waals surface area contributed by atoms with Crippen molar-refractivity contribution in [3.8, 4) is 0 Å². The Kier molecular flexibility index (Phi) is 3.28. The zero-order valence-corrected chi connectivity index (χ0v) is 13.1. The van der Waals surface area contributed by atoms with Crippen LogP contribution in [0.2, 0.25) is 5.02 Å². The number of aryl methyl sites for hydroxylation is 1. The van der Waals surface area contributed by atoms with E-state index in [1.165, 1.54) is 0 Å². The topological polar surface area (TPSA) is 45.1 Å². The van der Waals surface area contributed by atoms with Gasteiger partial charge in [-0.3, -0.25) is 4.40 Å². The maximum atomic E-state index is 6.25. The maximum absolute atomic E-state index is 6.25. The number of imidazole rings is 2. The van der Waals surface area contributed by atoms with Crippen LogP contribution in [0, 0.1) is 6.92 Å². The molecule has 0 fully saturated rings. The zero-order valence-electron chi connectivity index (χ0n) is 10.7. The highest BCUT2D eigenvalue weighted by Crippen LogP contribution is 2.29. The van der Waals surface area contributed by atoms with E-state index >= 15 is 0 Å². The molecule has 100 valence electrons. The normalized spacial score (nSPS) is 11.8. The lowest BCUT2D eigenvalue weighted by Crippen LogP contribution is -2.10. The largest absolute Gasteiger partial charge is 0.326 e. The van der Waals surface area contributed by atoms with Gasteiger partial charge in [-0.1, -0.05) is 11.6 Å². The predicted octanol–water partition coefficient (Wildman–Crippen LogP) is 3.30. The molecule has 0 aliphatic carbocycles. The van der Waals surface area contributed by atoms with Gasteiger partial charge in [0.05, 0.1) is 16.2 Å². The standard InChI is InChI=1S/C13H14BrClN4/c1-7-5-8(15)11-10(6-7)19-12(14)9(3-4-16-2)17-13(19)18-11/h5-6,16H,3-4H2,1-2H3,(H,17,18). The van der Waals surface area contributed by atoms with Crippen LogP contribution >= 0.6 is 27.5 Å². The summed E-state index contributed by atoms with van der Waals surface area (Å²) >= 11 is 9.90. The first-order valence-electron chi connectivity index (χ1n) is 6.11. The number of aromatic nitrogens is 3. The molecule has 3 rings (SSSR count). The molecule has 0 bridgehead atoms. The van der Waals surface area contributed by atoms with Gasteiger partial charge >= 0.3 is 0 Å². The van der Waals surface area contributed by atoms with Crippen molar-refractivity contribution in [3.63, 3.8) is 0 Å². The van der Waals surface area contributed by atoms with E-state index in [1.54, 1.807) is 0 Å². The Hall–Kier alpha value is -1.04. The minimum atomic E-state index is 0.691. The molecule has 0 aliphatic heterocycles. The van der Waals surface area contributed by atoms with Crippen LogP contribution < -0.4 is 5.32 Å². The van der Waals surface area contributed by atoms with Crippen molar-refractivity contribution in [1.82, 2.24) is 19.7 Å². The lowest BCUT2D eigenvalue weighted by molar-refractivity contribution is 0.777. The van der Waals surface area contributed by atoms with Crippen LogP contribution in [-0.2, 0) is 6.42 Å². The lowest BCUT2D eigenvalue weighted by Gasteiger charge is -2.00. The summed E-state index contributed by atoms with van der Waals surface area (Å²) in [7, 11) is 1.94. The van der Waals surface area contributed by atoms with Gasteiger partial charge in [-0.05, 0) is 47.6 Å². The van der Waals surface area contributed by atoms with Gasteiger partial charge in [0, 0.05) is 13.0 Å². The molecule has 4 nitrogen and oxygen atoms in total. The number of hydrogen-bond acceptors (Lipinski definition) is 2. The summed E-state index contributed by atoms with van der Waals surface area (Å²) < 4.78 is 3.08. The number of aromatic amines is 1. The molecule has 0 atom stereocenters. The first-order valence-corrected chi connectivity index (χ1v) is 7.28. The number of nitrogens with one attached hydrogen (secondary N) is 2. The van der Waals surface area contributed by atoms with E-state index in [9.17, 15) is 0 Å². The quantitative estimate of drug-likeness (QED) is 0.768. The molecule has 0 spiro atoms. The number of benzene rings is 1. The molecule has 19 heavy (non-hydrogen) atoms. The predicted molar refractivity (Wildman–Crippen MR) is 82.1 cm³/mol. The third kappa shape index (κ3) is 2.06. The van der Waals surface area contributed by atoms with Crippen LogP contribution in [0.25, 0.3) is 16.8 Å². The summed E-state index contributed by atoms with van der Waals surface area (Å²) in [5.41, 5.74) is 4.12. The minimum absolute atomic E-state index is 0.691. The monoisotopic (exact) mass is 340 g/mol. The third-order valence-corrected chi connectivity index (χ3v) is 4.31. The molecule has 0 saturated heterocycles. The van der Waals surface area contributed by atoms with Crippen molar-refractivity contribution < 1.29 is 0 Å². The molecular weight excluding hydrogens is 328 g/mol. The average Bonchev–Trinajstić information content (AvgIpc) is 2.85. The summed E-state index contributed by atoms with van der Waals surface area (Å²) in [4.78, 5) is 7.91. The van der Waals surface area contributed by atoms with Crippen molar-refractivity contribution in [2.45, 2.75) is 13.3 Å². The fourth-order valence-electron chi connectivity index (χ4n) is 2.29. The second kappa shape index (κ2) is 4.81. The Balaban J connectivity index is 2.26. The Labute approximate surface area is 124 Å². The number of hydrogen-bond donors (Lipinski definition) is 2. The average molecular weight is 342 g/mol. The molecular formula is C13H14BrClN4. The van der Waals surface area contributed by atoms with E-state index in [1.807, 2.05) is 20.0 Å². The molecule has 2 aromatic heterocycles. The number of halogens is 2. The smallest absolute Gasteiger partial charge is 0.213 e. The molecule has 6 heteroatoms. The third-order valence-electron chi connectivity index (χ3n) is 3.19. The SMILES string of the molecule is CNCCc1[nH]c2nc3c(Cl)cc(C)cc3n2c1Br. The molecule has 0 saturated carbocycles. The summed E-state index contributed by atoms with van der Waals surface area (Å²) in [5.74, 6) is 0.820.